The van der Waals surface area contributed by atoms with Gasteiger partial charge in [0.05, 0.1) is 13.2 Å². The van der Waals surface area contributed by atoms with E-state index in [-0.39, 0.29) is 30.5 Å². The SMILES string of the molecule is CCOc1ccccc1CNC(=NC)NCCN(C)CC(F)(F)F.I. The molecule has 0 aromatic heterocycles. The summed E-state index contributed by atoms with van der Waals surface area (Å²) in [5.41, 5.74) is 0.983. The molecule has 1 aromatic carbocycles. The molecule has 1 rings (SSSR count). The summed E-state index contributed by atoms with van der Waals surface area (Å²) in [5, 5.41) is 6.12. The molecule has 9 heteroatoms. The second-order valence-electron chi connectivity index (χ2n) is 5.25. The molecule has 0 heterocycles. The summed E-state index contributed by atoms with van der Waals surface area (Å²) >= 11 is 0. The Hall–Kier alpha value is -1.23. The number of ether oxygens (including phenoxy) is 1. The molecule has 5 nitrogen and oxygen atoms in total. The number of hydrogen-bond donors (Lipinski definition) is 2. The molecule has 0 saturated carbocycles. The number of guanidine groups is 1. The van der Waals surface area contributed by atoms with E-state index in [4.69, 9.17) is 4.74 Å². The summed E-state index contributed by atoms with van der Waals surface area (Å²) in [6.07, 6.45) is -4.18. The molecular formula is C16H26F3IN4O. The Labute approximate surface area is 164 Å². The number of nitrogens with zero attached hydrogens (tertiary/aromatic N) is 2. The summed E-state index contributed by atoms with van der Waals surface area (Å²) in [5.74, 6) is 1.33. The first-order valence-electron chi connectivity index (χ1n) is 7.76. The lowest BCUT2D eigenvalue weighted by Gasteiger charge is -2.19. The fourth-order valence-electron chi connectivity index (χ4n) is 2.10. The van der Waals surface area contributed by atoms with Crippen molar-refractivity contribution in [2.45, 2.75) is 19.6 Å². The Balaban J connectivity index is 0.00000576. The van der Waals surface area contributed by atoms with Crippen LogP contribution in [-0.4, -0.2) is 57.4 Å². The molecule has 0 fully saturated rings. The number of nitrogens with one attached hydrogen (secondary N) is 2. The van der Waals surface area contributed by atoms with Gasteiger partial charge in [-0.15, -0.1) is 24.0 Å². The fraction of sp³-hybridized carbons (Fsp3) is 0.562. The lowest BCUT2D eigenvalue weighted by atomic mass is 10.2. The van der Waals surface area contributed by atoms with Gasteiger partial charge in [0.1, 0.15) is 5.75 Å². The first-order valence-corrected chi connectivity index (χ1v) is 7.76. The van der Waals surface area contributed by atoms with Crippen LogP contribution in [-0.2, 0) is 6.54 Å². The molecule has 0 aliphatic heterocycles. The van der Waals surface area contributed by atoms with Crippen LogP contribution in [0.2, 0.25) is 0 Å². The standard InChI is InChI=1S/C16H25F3N4O.HI/c1-4-24-14-8-6-5-7-13(14)11-22-15(20-2)21-9-10-23(3)12-16(17,18)19;/h5-8H,4,9-12H2,1-3H3,(H2,20,21,22);1H. The molecule has 0 radical (unpaired) electrons. The highest BCUT2D eigenvalue weighted by molar-refractivity contribution is 14.0. The number of rotatable bonds is 8. The van der Waals surface area contributed by atoms with Crippen LogP contribution < -0.4 is 15.4 Å². The van der Waals surface area contributed by atoms with Gasteiger partial charge < -0.3 is 15.4 Å². The van der Waals surface area contributed by atoms with Gasteiger partial charge in [0.25, 0.3) is 0 Å². The summed E-state index contributed by atoms with van der Waals surface area (Å²) in [4.78, 5) is 5.28. The summed E-state index contributed by atoms with van der Waals surface area (Å²) in [6, 6.07) is 7.66. The predicted octanol–water partition coefficient (Wildman–Crippen LogP) is 2.86. The topological polar surface area (TPSA) is 48.9 Å². The molecular weight excluding hydrogens is 448 g/mol. The number of halogens is 4. The van der Waals surface area contributed by atoms with Gasteiger partial charge in [0, 0.05) is 32.2 Å². The van der Waals surface area contributed by atoms with E-state index in [2.05, 4.69) is 15.6 Å². The molecule has 0 saturated heterocycles. The Morgan fingerprint density at radius 2 is 1.92 bits per heavy atom. The molecule has 0 aliphatic rings. The van der Waals surface area contributed by atoms with Gasteiger partial charge >= 0.3 is 6.18 Å². The van der Waals surface area contributed by atoms with E-state index in [0.29, 0.717) is 25.7 Å². The van der Waals surface area contributed by atoms with Crippen LogP contribution in [0.1, 0.15) is 12.5 Å². The van der Waals surface area contributed by atoms with Crippen molar-refractivity contribution in [1.82, 2.24) is 15.5 Å². The smallest absolute Gasteiger partial charge is 0.401 e. The van der Waals surface area contributed by atoms with Crippen molar-refractivity contribution in [3.8, 4) is 5.75 Å². The molecule has 0 amide bonds. The van der Waals surface area contributed by atoms with Gasteiger partial charge in [0.15, 0.2) is 5.96 Å². The zero-order valence-electron chi connectivity index (χ0n) is 14.7. The average molecular weight is 474 g/mol. The van der Waals surface area contributed by atoms with Crippen LogP contribution in [0.5, 0.6) is 5.75 Å². The zero-order chi connectivity index (χ0) is 18.0. The monoisotopic (exact) mass is 474 g/mol. The van der Waals surface area contributed by atoms with E-state index < -0.39 is 12.7 Å². The van der Waals surface area contributed by atoms with Crippen LogP contribution in [0, 0.1) is 0 Å². The predicted molar refractivity (Wildman–Crippen MR) is 105 cm³/mol. The molecule has 0 atom stereocenters. The van der Waals surface area contributed by atoms with E-state index in [1.165, 1.54) is 11.9 Å². The second kappa shape index (κ2) is 12.2. The van der Waals surface area contributed by atoms with Gasteiger partial charge in [-0.2, -0.15) is 13.2 Å². The summed E-state index contributed by atoms with van der Waals surface area (Å²) < 4.78 is 42.3. The number of para-hydroxylation sites is 1. The lowest BCUT2D eigenvalue weighted by molar-refractivity contribution is -0.142. The van der Waals surface area contributed by atoms with E-state index in [9.17, 15) is 13.2 Å². The lowest BCUT2D eigenvalue weighted by Crippen LogP contribution is -2.42. The van der Waals surface area contributed by atoms with E-state index in [1.54, 1.807) is 7.05 Å². The molecule has 0 unspecified atom stereocenters. The third kappa shape index (κ3) is 10.4. The molecule has 0 bridgehead atoms. The maximum Gasteiger partial charge on any atom is 0.401 e. The van der Waals surface area contributed by atoms with Crippen molar-refractivity contribution in [2.75, 3.05) is 40.3 Å². The number of alkyl halides is 3. The van der Waals surface area contributed by atoms with Crippen LogP contribution in [0.4, 0.5) is 13.2 Å². The number of benzene rings is 1. The minimum atomic E-state index is -4.18. The van der Waals surface area contributed by atoms with Crippen molar-refractivity contribution in [2.24, 2.45) is 4.99 Å². The maximum absolute atomic E-state index is 12.3. The number of aliphatic imine (C=N–C) groups is 1. The largest absolute Gasteiger partial charge is 0.494 e. The second-order valence-corrected chi connectivity index (χ2v) is 5.25. The van der Waals surface area contributed by atoms with Crippen molar-refractivity contribution < 1.29 is 17.9 Å². The van der Waals surface area contributed by atoms with Crippen molar-refractivity contribution in [3.05, 3.63) is 29.8 Å². The van der Waals surface area contributed by atoms with Crippen molar-refractivity contribution >= 4 is 29.9 Å². The number of likely N-dealkylation sites (N-methyl/N-ethyl adjacent to an activating group) is 1. The molecule has 0 spiro atoms. The van der Waals surface area contributed by atoms with E-state index in [1.807, 2.05) is 31.2 Å². The van der Waals surface area contributed by atoms with Crippen LogP contribution >= 0.6 is 24.0 Å². The van der Waals surface area contributed by atoms with Crippen LogP contribution in [0.15, 0.2) is 29.3 Å². The van der Waals surface area contributed by atoms with Gasteiger partial charge in [-0.3, -0.25) is 9.89 Å². The molecule has 25 heavy (non-hydrogen) atoms. The highest BCUT2D eigenvalue weighted by Gasteiger charge is 2.28. The average Bonchev–Trinajstić information content (AvgIpc) is 2.50. The highest BCUT2D eigenvalue weighted by atomic mass is 127. The summed E-state index contributed by atoms with van der Waals surface area (Å²) in [6.45, 7) is 2.70. The highest BCUT2D eigenvalue weighted by Crippen LogP contribution is 2.17. The minimum Gasteiger partial charge on any atom is -0.494 e. The Morgan fingerprint density at radius 1 is 1.24 bits per heavy atom. The van der Waals surface area contributed by atoms with E-state index >= 15 is 0 Å². The van der Waals surface area contributed by atoms with Crippen molar-refractivity contribution in [3.63, 3.8) is 0 Å². The molecule has 2 N–H and O–H groups in total. The van der Waals surface area contributed by atoms with Gasteiger partial charge in [-0.1, -0.05) is 18.2 Å². The van der Waals surface area contributed by atoms with Gasteiger partial charge in [-0.05, 0) is 20.0 Å². The molecule has 0 aliphatic carbocycles. The number of hydrogen-bond acceptors (Lipinski definition) is 3. The fourth-order valence-corrected chi connectivity index (χ4v) is 2.10. The first-order chi connectivity index (χ1) is 11.4. The van der Waals surface area contributed by atoms with Crippen LogP contribution in [0.3, 0.4) is 0 Å². The van der Waals surface area contributed by atoms with Crippen molar-refractivity contribution in [1.29, 1.82) is 0 Å². The maximum atomic E-state index is 12.3. The Kier molecular flexibility index (Phi) is 11.6. The minimum absolute atomic E-state index is 0. The summed E-state index contributed by atoms with van der Waals surface area (Å²) in [7, 11) is 3.05. The zero-order valence-corrected chi connectivity index (χ0v) is 17.0. The first kappa shape index (κ1) is 23.8. The Bertz CT molecular complexity index is 526. The van der Waals surface area contributed by atoms with E-state index in [0.717, 1.165) is 11.3 Å². The normalized spacial score (nSPS) is 11.9. The van der Waals surface area contributed by atoms with Gasteiger partial charge in [-0.25, -0.2) is 0 Å². The third-order valence-electron chi connectivity index (χ3n) is 3.18. The molecule has 1 aromatic rings. The quantitative estimate of drug-likeness (QED) is 0.346. The Morgan fingerprint density at radius 3 is 2.52 bits per heavy atom. The third-order valence-corrected chi connectivity index (χ3v) is 3.18. The van der Waals surface area contributed by atoms with Gasteiger partial charge in [0.2, 0.25) is 0 Å². The van der Waals surface area contributed by atoms with Crippen LogP contribution in [0.25, 0.3) is 0 Å². The molecule has 144 valence electrons.